The molecule has 38 heavy (non-hydrogen) atoms. The van der Waals surface area contributed by atoms with Crippen LogP contribution >= 0.6 is 0 Å². The minimum absolute atomic E-state index is 0.703. The van der Waals surface area contributed by atoms with E-state index in [1.165, 1.54) is 10.8 Å². The van der Waals surface area contributed by atoms with Gasteiger partial charge in [-0.3, -0.25) is 0 Å². The fourth-order valence-electron chi connectivity index (χ4n) is 4.85. The molecule has 0 bridgehead atoms. The molecule has 0 aliphatic rings. The molecule has 0 spiro atoms. The van der Waals surface area contributed by atoms with Crippen LogP contribution in [-0.2, 0) is 0 Å². The Morgan fingerprint density at radius 1 is 0.316 bits per heavy atom. The highest BCUT2D eigenvalue weighted by Gasteiger charge is 2.11. The summed E-state index contributed by atoms with van der Waals surface area (Å²) in [7, 11) is 0. The lowest BCUT2D eigenvalue weighted by atomic mass is 10.0. The highest BCUT2D eigenvalue weighted by atomic mass is 14.9. The Morgan fingerprint density at radius 2 is 0.842 bits per heavy atom. The summed E-state index contributed by atoms with van der Waals surface area (Å²) in [5.74, 6) is 0.703. The van der Waals surface area contributed by atoms with E-state index in [1.807, 2.05) is 36.4 Å². The molecule has 7 rings (SSSR count). The van der Waals surface area contributed by atoms with E-state index in [0.717, 1.165) is 50.2 Å². The van der Waals surface area contributed by atoms with Crippen molar-refractivity contribution in [2.24, 2.45) is 0 Å². The van der Waals surface area contributed by atoms with Gasteiger partial charge in [-0.2, -0.15) is 0 Å². The SMILES string of the molecule is c1ccc(-c2cc(-c3ccccc3)nc(-c3ccc(-c4ccc5cc6ccccc6cc5n4)cc3)n2)cc1. The summed E-state index contributed by atoms with van der Waals surface area (Å²) in [5, 5.41) is 3.57. The summed E-state index contributed by atoms with van der Waals surface area (Å²) in [5.41, 5.74) is 7.92. The summed E-state index contributed by atoms with van der Waals surface area (Å²) in [6.07, 6.45) is 0. The number of hydrogen-bond acceptors (Lipinski definition) is 3. The van der Waals surface area contributed by atoms with Gasteiger partial charge in [0.15, 0.2) is 5.82 Å². The smallest absolute Gasteiger partial charge is 0.160 e. The van der Waals surface area contributed by atoms with Gasteiger partial charge in [0, 0.05) is 27.6 Å². The fourth-order valence-corrected chi connectivity index (χ4v) is 4.85. The molecule has 2 aromatic heterocycles. The summed E-state index contributed by atoms with van der Waals surface area (Å²) in [6.45, 7) is 0. The second kappa shape index (κ2) is 9.38. The van der Waals surface area contributed by atoms with Gasteiger partial charge in [-0.15, -0.1) is 0 Å². The number of benzene rings is 5. The second-order valence-corrected chi connectivity index (χ2v) is 9.36. The molecule has 0 N–H and O–H groups in total. The molecule has 0 radical (unpaired) electrons. The third-order valence-electron chi connectivity index (χ3n) is 6.86. The average Bonchev–Trinajstić information content (AvgIpc) is 3.00. The van der Waals surface area contributed by atoms with Gasteiger partial charge in [0.1, 0.15) is 0 Å². The molecule has 0 unspecified atom stereocenters. The van der Waals surface area contributed by atoms with Crippen LogP contribution in [0.4, 0.5) is 0 Å². The van der Waals surface area contributed by atoms with Crippen LogP contribution in [0.5, 0.6) is 0 Å². The largest absolute Gasteiger partial charge is 0.248 e. The zero-order valence-electron chi connectivity index (χ0n) is 20.6. The number of nitrogens with zero attached hydrogens (tertiary/aromatic N) is 3. The molecule has 0 amide bonds. The molecule has 0 fully saturated rings. The van der Waals surface area contributed by atoms with E-state index in [9.17, 15) is 0 Å². The Balaban J connectivity index is 1.28. The summed E-state index contributed by atoms with van der Waals surface area (Å²) in [6, 6.07) is 47.9. The predicted octanol–water partition coefficient (Wildman–Crippen LogP) is 8.85. The standard InChI is InChI=1S/C35H23N3/c1-3-9-24(10-4-1)33-23-34(25-11-5-2-6-12-25)38-35(37-33)27-17-15-26(16-18-27)31-20-19-30-21-28-13-7-8-14-29(28)22-32(30)36-31/h1-23H. The van der Waals surface area contributed by atoms with E-state index in [2.05, 4.69) is 103 Å². The minimum Gasteiger partial charge on any atom is -0.248 e. The summed E-state index contributed by atoms with van der Waals surface area (Å²) in [4.78, 5) is 14.9. The Kier molecular flexibility index (Phi) is 5.45. The first-order valence-corrected chi connectivity index (χ1v) is 12.7. The Bertz CT molecular complexity index is 1840. The Labute approximate surface area is 221 Å². The molecule has 0 saturated heterocycles. The third-order valence-corrected chi connectivity index (χ3v) is 6.86. The van der Waals surface area contributed by atoms with Crippen LogP contribution in [0, 0.1) is 0 Å². The zero-order valence-corrected chi connectivity index (χ0v) is 20.6. The first-order valence-electron chi connectivity index (χ1n) is 12.7. The number of rotatable bonds is 4. The van der Waals surface area contributed by atoms with Gasteiger partial charge < -0.3 is 0 Å². The van der Waals surface area contributed by atoms with Crippen LogP contribution in [-0.4, -0.2) is 15.0 Å². The molecule has 178 valence electrons. The van der Waals surface area contributed by atoms with Gasteiger partial charge in [0.05, 0.1) is 22.6 Å². The van der Waals surface area contributed by atoms with Gasteiger partial charge in [0.2, 0.25) is 0 Å². The maximum atomic E-state index is 4.97. The van der Waals surface area contributed by atoms with Crippen molar-refractivity contribution < 1.29 is 0 Å². The first-order chi connectivity index (χ1) is 18.8. The van der Waals surface area contributed by atoms with E-state index >= 15 is 0 Å². The van der Waals surface area contributed by atoms with Crippen LogP contribution in [0.25, 0.3) is 66.8 Å². The number of fused-ring (bicyclic) bond motifs is 2. The summed E-state index contributed by atoms with van der Waals surface area (Å²) >= 11 is 0. The Hall–Kier alpha value is -5.15. The van der Waals surface area contributed by atoms with Crippen LogP contribution < -0.4 is 0 Å². The van der Waals surface area contributed by atoms with Gasteiger partial charge in [-0.05, 0) is 35.0 Å². The highest BCUT2D eigenvalue weighted by molar-refractivity contribution is 5.97. The lowest BCUT2D eigenvalue weighted by Crippen LogP contribution is -1.96. The first kappa shape index (κ1) is 22.1. The van der Waals surface area contributed by atoms with Crippen molar-refractivity contribution in [3.63, 3.8) is 0 Å². The van der Waals surface area contributed by atoms with Crippen molar-refractivity contribution in [3.8, 4) is 45.2 Å². The second-order valence-electron chi connectivity index (χ2n) is 9.36. The van der Waals surface area contributed by atoms with Crippen LogP contribution in [0.1, 0.15) is 0 Å². The van der Waals surface area contributed by atoms with Crippen LogP contribution in [0.15, 0.2) is 140 Å². The minimum atomic E-state index is 0.703. The number of aromatic nitrogens is 3. The van der Waals surface area contributed by atoms with Crippen molar-refractivity contribution in [3.05, 3.63) is 140 Å². The van der Waals surface area contributed by atoms with Gasteiger partial charge in [-0.25, -0.2) is 15.0 Å². The van der Waals surface area contributed by atoms with E-state index in [1.54, 1.807) is 0 Å². The molecule has 7 aromatic rings. The average molecular weight is 486 g/mol. The van der Waals surface area contributed by atoms with Gasteiger partial charge in [0.25, 0.3) is 0 Å². The molecule has 5 aromatic carbocycles. The fraction of sp³-hybridized carbons (Fsp3) is 0. The van der Waals surface area contributed by atoms with Crippen molar-refractivity contribution in [2.45, 2.75) is 0 Å². The van der Waals surface area contributed by atoms with Crippen molar-refractivity contribution >= 4 is 21.7 Å². The topological polar surface area (TPSA) is 38.7 Å². The molecule has 0 aliphatic heterocycles. The monoisotopic (exact) mass is 485 g/mol. The molecular weight excluding hydrogens is 462 g/mol. The molecule has 2 heterocycles. The molecule has 3 nitrogen and oxygen atoms in total. The molecule has 0 aliphatic carbocycles. The maximum Gasteiger partial charge on any atom is 0.160 e. The van der Waals surface area contributed by atoms with Crippen LogP contribution in [0.2, 0.25) is 0 Å². The van der Waals surface area contributed by atoms with E-state index in [4.69, 9.17) is 15.0 Å². The molecular formula is C35H23N3. The lowest BCUT2D eigenvalue weighted by Gasteiger charge is -2.10. The van der Waals surface area contributed by atoms with Crippen molar-refractivity contribution in [2.75, 3.05) is 0 Å². The summed E-state index contributed by atoms with van der Waals surface area (Å²) < 4.78 is 0. The highest BCUT2D eigenvalue weighted by Crippen LogP contribution is 2.30. The molecule has 0 atom stereocenters. The van der Waals surface area contributed by atoms with Crippen LogP contribution in [0.3, 0.4) is 0 Å². The predicted molar refractivity (Wildman–Crippen MR) is 157 cm³/mol. The van der Waals surface area contributed by atoms with E-state index in [-0.39, 0.29) is 0 Å². The van der Waals surface area contributed by atoms with Gasteiger partial charge in [-0.1, -0.05) is 115 Å². The number of hydrogen-bond donors (Lipinski definition) is 0. The molecule has 3 heteroatoms. The Morgan fingerprint density at radius 3 is 1.47 bits per heavy atom. The quantitative estimate of drug-likeness (QED) is 0.234. The maximum absolute atomic E-state index is 4.97. The zero-order chi connectivity index (χ0) is 25.3. The normalized spacial score (nSPS) is 11.2. The van der Waals surface area contributed by atoms with E-state index in [0.29, 0.717) is 5.82 Å². The van der Waals surface area contributed by atoms with Gasteiger partial charge >= 0.3 is 0 Å². The lowest BCUT2D eigenvalue weighted by molar-refractivity contribution is 1.18. The third kappa shape index (κ3) is 4.21. The van der Waals surface area contributed by atoms with Crippen molar-refractivity contribution in [1.82, 2.24) is 15.0 Å². The van der Waals surface area contributed by atoms with E-state index < -0.39 is 0 Å². The van der Waals surface area contributed by atoms with Crippen molar-refractivity contribution in [1.29, 1.82) is 0 Å². The number of pyridine rings is 1. The molecule has 0 saturated carbocycles.